The Morgan fingerprint density at radius 3 is 2.42 bits per heavy atom. The summed E-state index contributed by atoms with van der Waals surface area (Å²) in [7, 11) is 0. The molecule has 1 N–H and O–H groups in total. The Kier molecular flexibility index (Phi) is 6.56. The van der Waals surface area contributed by atoms with Crippen LogP contribution in [-0.2, 0) is 17.6 Å². The van der Waals surface area contributed by atoms with Crippen LogP contribution in [0.1, 0.15) is 31.8 Å². The number of aromatic hydroxyl groups is 1. The first kappa shape index (κ1) is 24.9. The Labute approximate surface area is 230 Å². The molecule has 0 fully saturated rings. The molecule has 4 aromatic carbocycles. The van der Waals surface area contributed by atoms with Gasteiger partial charge in [-0.3, -0.25) is 0 Å². The second-order valence-electron chi connectivity index (χ2n) is 9.64. The van der Waals surface area contributed by atoms with E-state index >= 15 is 0 Å². The number of carbonyl (C=O) groups is 2. The number of nitrogens with zero attached hydrogens (tertiary/aromatic N) is 1. The van der Waals surface area contributed by atoms with Crippen LogP contribution in [0.25, 0.3) is 20.4 Å². The number of hydrogen-bond donors (Lipinski definition) is 1. The molecular weight excluding hydrogens is 568 g/mol. The molecule has 6 rings (SSSR count). The van der Waals surface area contributed by atoms with Crippen LogP contribution < -0.4 is 4.90 Å². The minimum absolute atomic E-state index is 0.0169. The number of benzene rings is 4. The first-order valence-corrected chi connectivity index (χ1v) is 14.6. The number of halogens is 2. The molecule has 0 saturated carbocycles. The summed E-state index contributed by atoms with van der Waals surface area (Å²) in [4.78, 5) is 28.1. The number of phenols is 1. The first-order valence-electron chi connectivity index (χ1n) is 12.3. The zero-order valence-electron chi connectivity index (χ0n) is 20.3. The number of rotatable bonds is 6. The van der Waals surface area contributed by atoms with E-state index in [9.17, 15) is 19.1 Å². The van der Waals surface area contributed by atoms with Crippen LogP contribution in [0.3, 0.4) is 0 Å². The quantitative estimate of drug-likeness (QED) is 0.188. The van der Waals surface area contributed by atoms with Crippen molar-refractivity contribution in [3.63, 3.8) is 0 Å². The molecule has 1 aromatic heterocycles. The Hall–Kier alpha value is -3.44. The molecule has 0 saturated heterocycles. The molecule has 1 atom stereocenters. The van der Waals surface area contributed by atoms with Crippen molar-refractivity contribution >= 4 is 63.9 Å². The molecule has 1 amide bonds. The van der Waals surface area contributed by atoms with E-state index in [0.717, 1.165) is 47.2 Å². The molecule has 0 radical (unpaired) electrons. The Morgan fingerprint density at radius 1 is 0.947 bits per heavy atom. The van der Waals surface area contributed by atoms with Gasteiger partial charge >= 0.3 is 231 Å². The van der Waals surface area contributed by atoms with E-state index in [0.29, 0.717) is 12.4 Å². The third kappa shape index (κ3) is 4.54. The van der Waals surface area contributed by atoms with Gasteiger partial charge in [0.15, 0.2) is 0 Å². The average Bonchev–Trinajstić information content (AvgIpc) is 3.51. The molecule has 0 aliphatic carbocycles. The fourth-order valence-electron chi connectivity index (χ4n) is 5.31. The SMILES string of the molecule is O=C(Cc1ccc(F)cc1)Cc1ccc2[se]c(C(=O)N3C[C@@H](CCl)c4c3cc(O)c3ccccc43)cc2c1. The average molecular weight is 591 g/mol. The van der Waals surface area contributed by atoms with Crippen LogP contribution >= 0.6 is 11.6 Å². The molecule has 2 heterocycles. The Balaban J connectivity index is 1.26. The Morgan fingerprint density at radius 2 is 1.66 bits per heavy atom. The number of Topliss-reactive ketones (excluding diaryl/α,β-unsaturated/α-hetero) is 1. The van der Waals surface area contributed by atoms with Crippen molar-refractivity contribution in [3.05, 3.63) is 106 Å². The fraction of sp³-hybridized carbons (Fsp3) is 0.161. The van der Waals surface area contributed by atoms with Gasteiger partial charge in [0, 0.05) is 0 Å². The van der Waals surface area contributed by atoms with E-state index in [1.165, 1.54) is 12.1 Å². The number of ketones is 1. The maximum atomic E-state index is 13.7. The van der Waals surface area contributed by atoms with Gasteiger partial charge in [-0.2, -0.15) is 0 Å². The normalized spacial score (nSPS) is 14.8. The van der Waals surface area contributed by atoms with Gasteiger partial charge in [0.1, 0.15) is 0 Å². The molecule has 190 valence electrons. The van der Waals surface area contributed by atoms with Crippen LogP contribution in [0.4, 0.5) is 10.1 Å². The summed E-state index contributed by atoms with van der Waals surface area (Å²) < 4.78 is 15.0. The van der Waals surface area contributed by atoms with Crippen molar-refractivity contribution in [2.75, 3.05) is 17.3 Å². The number of fused-ring (bicyclic) bond motifs is 4. The van der Waals surface area contributed by atoms with Crippen LogP contribution in [0.5, 0.6) is 5.75 Å². The van der Waals surface area contributed by atoms with Gasteiger partial charge < -0.3 is 0 Å². The van der Waals surface area contributed by atoms with Gasteiger partial charge in [0.2, 0.25) is 0 Å². The van der Waals surface area contributed by atoms with E-state index in [1.807, 2.05) is 48.5 Å². The van der Waals surface area contributed by atoms with Gasteiger partial charge in [-0.25, -0.2) is 0 Å². The second kappa shape index (κ2) is 10.0. The number of anilines is 1. The summed E-state index contributed by atoms with van der Waals surface area (Å²) in [6.45, 7) is 0.470. The van der Waals surface area contributed by atoms with Gasteiger partial charge in [-0.1, -0.05) is 0 Å². The molecule has 5 aromatic rings. The maximum absolute atomic E-state index is 13.7. The molecule has 38 heavy (non-hydrogen) atoms. The first-order chi connectivity index (χ1) is 18.4. The zero-order chi connectivity index (χ0) is 26.4. The molecule has 0 bridgehead atoms. The van der Waals surface area contributed by atoms with E-state index in [4.69, 9.17) is 11.6 Å². The summed E-state index contributed by atoms with van der Waals surface area (Å²) in [5.41, 5.74) is 3.40. The molecule has 1 aliphatic heterocycles. The molecule has 0 spiro atoms. The van der Waals surface area contributed by atoms with Crippen molar-refractivity contribution in [2.45, 2.75) is 18.8 Å². The topological polar surface area (TPSA) is 57.6 Å². The number of amides is 1. The van der Waals surface area contributed by atoms with Gasteiger partial charge in [0.05, 0.1) is 0 Å². The second-order valence-corrected chi connectivity index (χ2v) is 12.2. The summed E-state index contributed by atoms with van der Waals surface area (Å²) >= 11 is 6.17. The summed E-state index contributed by atoms with van der Waals surface area (Å²) in [5.74, 6) is 0.172. The summed E-state index contributed by atoms with van der Waals surface area (Å²) in [6, 6.07) is 23.2. The van der Waals surface area contributed by atoms with Gasteiger partial charge in [-0.05, 0) is 0 Å². The van der Waals surface area contributed by atoms with Crippen molar-refractivity contribution in [1.82, 2.24) is 0 Å². The fourth-order valence-corrected chi connectivity index (χ4v) is 7.64. The zero-order valence-corrected chi connectivity index (χ0v) is 22.8. The number of carbonyl (C=O) groups excluding carboxylic acids is 2. The molecule has 1 aliphatic rings. The Bertz CT molecular complexity index is 1710. The van der Waals surface area contributed by atoms with E-state index in [2.05, 4.69) is 0 Å². The van der Waals surface area contributed by atoms with Crippen molar-refractivity contribution in [2.24, 2.45) is 0 Å². The standard InChI is InChI=1S/C31H23ClFNO3Se/c32-16-21-17-34(26-15-27(36)24-3-1-2-4-25(24)30(21)26)31(37)29-14-20-11-19(7-10-28(20)38-29)13-23(35)12-18-5-8-22(33)9-6-18/h1-11,14-15,21,36H,12-13,16-17H2/t21-/m1/s1. The van der Waals surface area contributed by atoms with E-state index in [1.54, 1.807) is 23.1 Å². The molecular formula is C31H23ClFNO3Se. The van der Waals surface area contributed by atoms with Crippen molar-refractivity contribution in [1.29, 1.82) is 0 Å². The molecule has 4 nitrogen and oxygen atoms in total. The van der Waals surface area contributed by atoms with Gasteiger partial charge in [0.25, 0.3) is 0 Å². The predicted octanol–water partition coefficient (Wildman–Crippen LogP) is 6.23. The van der Waals surface area contributed by atoms with Crippen LogP contribution in [-0.4, -0.2) is 43.7 Å². The van der Waals surface area contributed by atoms with Crippen LogP contribution in [0.15, 0.2) is 78.9 Å². The van der Waals surface area contributed by atoms with Crippen LogP contribution in [0, 0.1) is 5.82 Å². The predicted molar refractivity (Wildman–Crippen MR) is 150 cm³/mol. The van der Waals surface area contributed by atoms with E-state index < -0.39 is 0 Å². The molecule has 0 unspecified atom stereocenters. The number of alkyl halides is 1. The van der Waals surface area contributed by atoms with Crippen LogP contribution in [0.2, 0.25) is 0 Å². The number of hydrogen-bond acceptors (Lipinski definition) is 3. The monoisotopic (exact) mass is 591 g/mol. The van der Waals surface area contributed by atoms with Gasteiger partial charge in [-0.15, -0.1) is 0 Å². The summed E-state index contributed by atoms with van der Waals surface area (Å²) in [6.07, 6.45) is 0.524. The third-order valence-corrected chi connectivity index (χ3v) is 9.77. The molecule has 7 heteroatoms. The van der Waals surface area contributed by atoms with Crippen molar-refractivity contribution < 1.29 is 19.1 Å². The number of phenolic OH excluding ortho intramolecular Hbond substituents is 1. The van der Waals surface area contributed by atoms with E-state index in [-0.39, 0.29) is 56.5 Å². The third-order valence-electron chi connectivity index (χ3n) is 7.08. The summed E-state index contributed by atoms with van der Waals surface area (Å²) in [5, 5.41) is 13.3. The van der Waals surface area contributed by atoms with Crippen molar-refractivity contribution in [3.8, 4) is 5.75 Å². The minimum atomic E-state index is -0.320.